The van der Waals surface area contributed by atoms with Crippen LogP contribution in [-0.2, 0) is 4.79 Å². The molecule has 2 aromatic carbocycles. The van der Waals surface area contributed by atoms with E-state index in [0.717, 1.165) is 22.5 Å². The van der Waals surface area contributed by atoms with Crippen molar-refractivity contribution in [3.05, 3.63) is 81.8 Å². The van der Waals surface area contributed by atoms with Crippen molar-refractivity contribution in [3.63, 3.8) is 0 Å². The topological polar surface area (TPSA) is 79.8 Å². The lowest BCUT2D eigenvalue weighted by Gasteiger charge is -2.13. The quantitative estimate of drug-likeness (QED) is 0.373. The number of carbonyl (C=O) groups is 1. The van der Waals surface area contributed by atoms with Crippen LogP contribution in [0.25, 0.3) is 16.7 Å². The number of nitrogens with one attached hydrogen (secondary N) is 2. The molecule has 7 heteroatoms. The summed E-state index contributed by atoms with van der Waals surface area (Å²) in [7, 11) is 0. The average Bonchev–Trinajstić information content (AvgIpc) is 3.10. The van der Waals surface area contributed by atoms with Gasteiger partial charge >= 0.3 is 0 Å². The second-order valence-corrected chi connectivity index (χ2v) is 8.18. The Kier molecular flexibility index (Phi) is 5.46. The van der Waals surface area contributed by atoms with Gasteiger partial charge in [0.25, 0.3) is 5.56 Å². The minimum absolute atomic E-state index is 0.140. The zero-order chi connectivity index (χ0) is 21.3. The van der Waals surface area contributed by atoms with Crippen LogP contribution in [0.3, 0.4) is 0 Å². The highest BCUT2D eigenvalue weighted by molar-refractivity contribution is 7.99. The number of aryl methyl sites for hydroxylation is 3. The molecule has 1 amide bonds. The lowest BCUT2D eigenvalue weighted by Crippen LogP contribution is -2.23. The number of amides is 1. The fourth-order valence-electron chi connectivity index (χ4n) is 3.27. The van der Waals surface area contributed by atoms with E-state index in [1.807, 2.05) is 75.4 Å². The molecule has 0 spiro atoms. The molecule has 0 aliphatic rings. The van der Waals surface area contributed by atoms with E-state index in [4.69, 9.17) is 0 Å². The Morgan fingerprint density at radius 1 is 1.10 bits per heavy atom. The fraction of sp³-hybridized carbons (Fsp3) is 0.174. The van der Waals surface area contributed by atoms with Crippen molar-refractivity contribution in [1.29, 1.82) is 0 Å². The first-order valence-corrected chi connectivity index (χ1v) is 10.6. The molecule has 4 aromatic rings. The van der Waals surface area contributed by atoms with Gasteiger partial charge in [0.05, 0.1) is 17.0 Å². The van der Waals surface area contributed by atoms with E-state index in [2.05, 4.69) is 15.3 Å². The maximum atomic E-state index is 13.2. The van der Waals surface area contributed by atoms with Gasteiger partial charge < -0.3 is 10.3 Å². The number of hydrogen-bond donors (Lipinski definition) is 2. The Bertz CT molecular complexity index is 1290. The van der Waals surface area contributed by atoms with Crippen LogP contribution in [0.4, 0.5) is 5.69 Å². The summed E-state index contributed by atoms with van der Waals surface area (Å²) in [4.78, 5) is 33.5. The second kappa shape index (κ2) is 8.20. The molecule has 30 heavy (non-hydrogen) atoms. The zero-order valence-electron chi connectivity index (χ0n) is 17.0. The summed E-state index contributed by atoms with van der Waals surface area (Å²) in [5.41, 5.74) is 5.33. The van der Waals surface area contributed by atoms with Crippen LogP contribution < -0.4 is 10.9 Å². The van der Waals surface area contributed by atoms with E-state index >= 15 is 0 Å². The Balaban J connectivity index is 1.65. The Morgan fingerprint density at radius 3 is 2.63 bits per heavy atom. The first kappa shape index (κ1) is 20.0. The van der Waals surface area contributed by atoms with Crippen molar-refractivity contribution in [2.45, 2.75) is 25.9 Å². The highest BCUT2D eigenvalue weighted by Crippen LogP contribution is 2.23. The number of aromatic nitrogens is 3. The molecule has 152 valence electrons. The van der Waals surface area contributed by atoms with Gasteiger partial charge in [-0.1, -0.05) is 42.1 Å². The molecule has 4 rings (SSSR count). The van der Waals surface area contributed by atoms with Crippen LogP contribution in [0.1, 0.15) is 16.8 Å². The van der Waals surface area contributed by atoms with Crippen molar-refractivity contribution in [1.82, 2.24) is 14.5 Å². The average molecular weight is 419 g/mol. The van der Waals surface area contributed by atoms with Gasteiger partial charge in [0, 0.05) is 11.4 Å². The van der Waals surface area contributed by atoms with Crippen molar-refractivity contribution in [2.24, 2.45) is 0 Å². The third-order valence-corrected chi connectivity index (χ3v) is 5.71. The van der Waals surface area contributed by atoms with Gasteiger partial charge in [-0.3, -0.25) is 14.2 Å². The third-order valence-electron chi connectivity index (χ3n) is 4.77. The summed E-state index contributed by atoms with van der Waals surface area (Å²) in [6, 6.07) is 17.1. The molecular weight excluding hydrogens is 396 g/mol. The van der Waals surface area contributed by atoms with Gasteiger partial charge in [-0.2, -0.15) is 0 Å². The summed E-state index contributed by atoms with van der Waals surface area (Å²) in [5.74, 6) is -0.00501. The van der Waals surface area contributed by atoms with E-state index in [9.17, 15) is 9.59 Å². The van der Waals surface area contributed by atoms with E-state index < -0.39 is 0 Å². The predicted molar refractivity (Wildman–Crippen MR) is 122 cm³/mol. The number of nitrogens with zero attached hydrogens (tertiary/aromatic N) is 2. The summed E-state index contributed by atoms with van der Waals surface area (Å²) in [6.07, 6.45) is 0. The number of rotatable bonds is 5. The van der Waals surface area contributed by atoms with Crippen LogP contribution in [0.15, 0.2) is 64.5 Å². The van der Waals surface area contributed by atoms with Gasteiger partial charge in [0.15, 0.2) is 5.16 Å². The van der Waals surface area contributed by atoms with Crippen LogP contribution in [0.5, 0.6) is 0 Å². The minimum Gasteiger partial charge on any atom is -0.353 e. The van der Waals surface area contributed by atoms with Crippen molar-refractivity contribution in [2.75, 3.05) is 11.1 Å². The van der Waals surface area contributed by atoms with E-state index in [0.29, 0.717) is 21.9 Å². The number of para-hydroxylation sites is 1. The molecule has 2 aromatic heterocycles. The first-order valence-electron chi connectivity index (χ1n) is 9.60. The SMILES string of the molecule is Cc1ccc(C)c(NC(=O)CSc2nc3cc(C)[nH]c3c(=O)n2-c2ccccc2)c1. The van der Waals surface area contributed by atoms with Crippen LogP contribution in [-0.4, -0.2) is 26.2 Å². The van der Waals surface area contributed by atoms with E-state index in [-0.39, 0.29) is 17.2 Å². The lowest BCUT2D eigenvalue weighted by atomic mass is 10.1. The van der Waals surface area contributed by atoms with Gasteiger partial charge in [-0.05, 0) is 56.2 Å². The number of fused-ring (bicyclic) bond motifs is 1. The van der Waals surface area contributed by atoms with E-state index in [1.165, 1.54) is 11.8 Å². The Morgan fingerprint density at radius 2 is 1.87 bits per heavy atom. The number of anilines is 1. The van der Waals surface area contributed by atoms with Crippen LogP contribution in [0, 0.1) is 20.8 Å². The maximum Gasteiger partial charge on any atom is 0.283 e. The molecule has 2 N–H and O–H groups in total. The molecule has 0 saturated carbocycles. The fourth-order valence-corrected chi connectivity index (χ4v) is 4.08. The van der Waals surface area contributed by atoms with Crippen molar-refractivity contribution >= 4 is 34.4 Å². The summed E-state index contributed by atoms with van der Waals surface area (Å²) >= 11 is 1.24. The number of benzene rings is 2. The molecule has 0 radical (unpaired) electrons. The highest BCUT2D eigenvalue weighted by atomic mass is 32.2. The van der Waals surface area contributed by atoms with Gasteiger partial charge in [-0.25, -0.2) is 4.98 Å². The second-order valence-electron chi connectivity index (χ2n) is 7.24. The van der Waals surface area contributed by atoms with Crippen molar-refractivity contribution in [3.8, 4) is 5.69 Å². The zero-order valence-corrected chi connectivity index (χ0v) is 17.8. The smallest absolute Gasteiger partial charge is 0.283 e. The summed E-state index contributed by atoms with van der Waals surface area (Å²) < 4.78 is 1.55. The van der Waals surface area contributed by atoms with Gasteiger partial charge in [-0.15, -0.1) is 0 Å². The Hall–Kier alpha value is -3.32. The molecule has 0 unspecified atom stereocenters. The maximum absolute atomic E-state index is 13.2. The van der Waals surface area contributed by atoms with E-state index in [1.54, 1.807) is 4.57 Å². The van der Waals surface area contributed by atoms with Crippen LogP contribution >= 0.6 is 11.8 Å². The number of hydrogen-bond acceptors (Lipinski definition) is 4. The number of H-pyrrole nitrogens is 1. The summed E-state index contributed by atoms with van der Waals surface area (Å²) in [5, 5.41) is 3.44. The molecule has 0 fully saturated rings. The molecule has 0 aliphatic heterocycles. The van der Waals surface area contributed by atoms with Gasteiger partial charge in [0.1, 0.15) is 5.52 Å². The Labute approximate surface area is 178 Å². The highest BCUT2D eigenvalue weighted by Gasteiger charge is 2.16. The number of thioether (sulfide) groups is 1. The standard InChI is InChI=1S/C23H22N4O2S/c1-14-9-10-15(2)18(11-14)25-20(28)13-30-23-26-19-12-16(3)24-21(19)22(29)27(23)17-7-5-4-6-8-17/h4-12,24H,13H2,1-3H3,(H,25,28). The molecular formula is C23H22N4O2S. The molecule has 0 aliphatic carbocycles. The number of aromatic amines is 1. The van der Waals surface area contributed by atoms with Crippen LogP contribution in [0.2, 0.25) is 0 Å². The predicted octanol–water partition coefficient (Wildman–Crippen LogP) is 4.37. The largest absolute Gasteiger partial charge is 0.353 e. The molecule has 0 saturated heterocycles. The third kappa shape index (κ3) is 4.02. The number of carbonyl (C=O) groups excluding carboxylic acids is 1. The van der Waals surface area contributed by atoms with Crippen molar-refractivity contribution < 1.29 is 4.79 Å². The summed E-state index contributed by atoms with van der Waals surface area (Å²) in [6.45, 7) is 5.83. The van der Waals surface area contributed by atoms with Gasteiger partial charge in [0.2, 0.25) is 5.91 Å². The minimum atomic E-state index is -0.184. The lowest BCUT2D eigenvalue weighted by molar-refractivity contribution is -0.113. The molecule has 0 bridgehead atoms. The first-order chi connectivity index (χ1) is 14.4. The normalized spacial score (nSPS) is 11.0. The molecule has 6 nitrogen and oxygen atoms in total. The molecule has 2 heterocycles. The monoisotopic (exact) mass is 418 g/mol. The molecule has 0 atom stereocenters.